The minimum atomic E-state index is 0.527. The number of para-hydroxylation sites is 2. The van der Waals surface area contributed by atoms with Gasteiger partial charge in [0.15, 0.2) is 0 Å². The number of morpholine rings is 1. The Morgan fingerprint density at radius 1 is 1.03 bits per heavy atom. The molecule has 152 valence electrons. The van der Waals surface area contributed by atoms with E-state index in [1.165, 1.54) is 18.4 Å². The molecule has 0 radical (unpaired) electrons. The first kappa shape index (κ1) is 18.5. The van der Waals surface area contributed by atoms with E-state index in [0.29, 0.717) is 12.0 Å². The van der Waals surface area contributed by atoms with Crippen LogP contribution < -0.4 is 10.5 Å². The molecule has 29 heavy (non-hydrogen) atoms. The first-order valence-corrected chi connectivity index (χ1v) is 10.5. The molecular formula is C23H28N4O2. The van der Waals surface area contributed by atoms with Crippen LogP contribution in [0.5, 0.6) is 5.75 Å². The van der Waals surface area contributed by atoms with E-state index in [2.05, 4.69) is 33.1 Å². The van der Waals surface area contributed by atoms with Gasteiger partial charge in [0.1, 0.15) is 23.7 Å². The van der Waals surface area contributed by atoms with Crippen molar-refractivity contribution < 1.29 is 9.47 Å². The van der Waals surface area contributed by atoms with Crippen LogP contribution in [0, 0.1) is 0 Å². The van der Waals surface area contributed by atoms with Gasteiger partial charge in [-0.15, -0.1) is 0 Å². The van der Waals surface area contributed by atoms with Gasteiger partial charge in [0.05, 0.1) is 24.4 Å². The lowest BCUT2D eigenvalue weighted by molar-refractivity contribution is 0.00248. The number of aromatic amines is 1. The van der Waals surface area contributed by atoms with Crippen LogP contribution in [-0.4, -0.2) is 53.8 Å². The Morgan fingerprint density at radius 2 is 1.86 bits per heavy atom. The SMILES string of the molecule is Nc1cccc2[nH]c(C3CC3)nc12.c1ccc2c(c1)CC(N1CCOCC1)CO2. The fraction of sp³-hybridized carbons (Fsp3) is 0.435. The van der Waals surface area contributed by atoms with Crippen LogP contribution in [0.2, 0.25) is 0 Å². The number of nitrogens with one attached hydrogen (secondary N) is 1. The summed E-state index contributed by atoms with van der Waals surface area (Å²) in [5, 5.41) is 0. The molecule has 3 aromatic rings. The summed E-state index contributed by atoms with van der Waals surface area (Å²) < 4.78 is 11.2. The second-order valence-corrected chi connectivity index (χ2v) is 8.06. The lowest BCUT2D eigenvalue weighted by atomic mass is 10.0. The predicted molar refractivity (Wildman–Crippen MR) is 114 cm³/mol. The molecule has 6 rings (SSSR count). The Bertz CT molecular complexity index is 976. The number of nitrogens with zero attached hydrogens (tertiary/aromatic N) is 2. The molecule has 1 aliphatic carbocycles. The van der Waals surface area contributed by atoms with E-state index < -0.39 is 0 Å². The molecule has 0 amide bonds. The molecule has 2 fully saturated rings. The van der Waals surface area contributed by atoms with Crippen LogP contribution in [0.1, 0.15) is 30.1 Å². The fourth-order valence-corrected chi connectivity index (χ4v) is 4.11. The summed E-state index contributed by atoms with van der Waals surface area (Å²) in [4.78, 5) is 10.3. The number of aromatic nitrogens is 2. The van der Waals surface area contributed by atoms with Crippen molar-refractivity contribution in [2.24, 2.45) is 0 Å². The topological polar surface area (TPSA) is 76.4 Å². The van der Waals surface area contributed by atoms with Crippen LogP contribution in [-0.2, 0) is 11.2 Å². The van der Waals surface area contributed by atoms with Crippen molar-refractivity contribution in [3.63, 3.8) is 0 Å². The molecule has 3 aliphatic rings. The molecule has 1 unspecified atom stereocenters. The van der Waals surface area contributed by atoms with Gasteiger partial charge < -0.3 is 20.2 Å². The van der Waals surface area contributed by atoms with E-state index >= 15 is 0 Å². The smallest absolute Gasteiger partial charge is 0.122 e. The average molecular weight is 393 g/mol. The predicted octanol–water partition coefficient (Wildman–Crippen LogP) is 3.34. The number of H-pyrrole nitrogens is 1. The Morgan fingerprint density at radius 3 is 2.66 bits per heavy atom. The number of imidazole rings is 1. The van der Waals surface area contributed by atoms with Crippen molar-refractivity contribution in [1.29, 1.82) is 0 Å². The summed E-state index contributed by atoms with van der Waals surface area (Å²) in [6.45, 7) is 4.61. The second-order valence-electron chi connectivity index (χ2n) is 8.06. The molecule has 2 aliphatic heterocycles. The third kappa shape index (κ3) is 4.09. The summed E-state index contributed by atoms with van der Waals surface area (Å²) in [6, 6.07) is 14.7. The van der Waals surface area contributed by atoms with Crippen LogP contribution in [0.4, 0.5) is 5.69 Å². The van der Waals surface area contributed by atoms with Gasteiger partial charge >= 0.3 is 0 Å². The quantitative estimate of drug-likeness (QED) is 0.654. The molecule has 0 spiro atoms. The van der Waals surface area contributed by atoms with Crippen molar-refractivity contribution in [1.82, 2.24) is 14.9 Å². The number of hydrogen-bond acceptors (Lipinski definition) is 5. The standard InChI is InChI=1S/C13H17NO2.C10H11N3/c1-2-4-13-11(3-1)9-12(10-16-13)14-5-7-15-8-6-14;11-7-2-1-3-8-9(7)13-10(12-8)6-4-5-6/h1-4,12H,5-10H2;1-3,6H,4-5,11H2,(H,12,13). The van der Waals surface area contributed by atoms with E-state index in [1.54, 1.807) is 0 Å². The van der Waals surface area contributed by atoms with E-state index in [4.69, 9.17) is 15.2 Å². The molecule has 1 saturated carbocycles. The monoisotopic (exact) mass is 392 g/mol. The third-order valence-corrected chi connectivity index (χ3v) is 5.95. The lowest BCUT2D eigenvalue weighted by Crippen LogP contribution is -2.48. The van der Waals surface area contributed by atoms with Gasteiger partial charge in [-0.25, -0.2) is 4.98 Å². The lowest BCUT2D eigenvalue weighted by Gasteiger charge is -2.37. The highest BCUT2D eigenvalue weighted by Crippen LogP contribution is 2.39. The molecule has 6 heteroatoms. The summed E-state index contributed by atoms with van der Waals surface area (Å²) in [5.74, 6) is 2.83. The molecule has 1 atom stereocenters. The molecule has 1 aromatic heterocycles. The van der Waals surface area contributed by atoms with Gasteiger partial charge in [-0.3, -0.25) is 4.90 Å². The molecular weight excluding hydrogens is 364 g/mol. The van der Waals surface area contributed by atoms with Crippen molar-refractivity contribution in [2.45, 2.75) is 31.2 Å². The zero-order valence-corrected chi connectivity index (χ0v) is 16.6. The van der Waals surface area contributed by atoms with Gasteiger partial charge in [-0.05, 0) is 43.0 Å². The van der Waals surface area contributed by atoms with Crippen LogP contribution >= 0.6 is 0 Å². The van der Waals surface area contributed by atoms with Gasteiger partial charge in [-0.2, -0.15) is 0 Å². The maximum Gasteiger partial charge on any atom is 0.122 e. The molecule has 6 nitrogen and oxygen atoms in total. The van der Waals surface area contributed by atoms with Crippen molar-refractivity contribution in [3.05, 3.63) is 53.9 Å². The average Bonchev–Trinajstić information content (AvgIpc) is 3.53. The minimum Gasteiger partial charge on any atom is -0.492 e. The number of benzene rings is 2. The second kappa shape index (κ2) is 8.05. The van der Waals surface area contributed by atoms with Crippen LogP contribution in [0.3, 0.4) is 0 Å². The highest BCUT2D eigenvalue weighted by molar-refractivity contribution is 5.86. The number of rotatable bonds is 2. The third-order valence-electron chi connectivity index (χ3n) is 5.95. The Balaban J connectivity index is 0.000000128. The molecule has 2 aromatic carbocycles. The molecule has 3 N–H and O–H groups in total. The fourth-order valence-electron chi connectivity index (χ4n) is 4.11. The van der Waals surface area contributed by atoms with E-state index in [1.807, 2.05) is 24.3 Å². The van der Waals surface area contributed by atoms with Gasteiger partial charge in [-0.1, -0.05) is 24.3 Å². The summed E-state index contributed by atoms with van der Waals surface area (Å²) in [7, 11) is 0. The van der Waals surface area contributed by atoms with E-state index in [0.717, 1.165) is 67.6 Å². The highest BCUT2D eigenvalue weighted by atomic mass is 16.5. The number of nitrogen functional groups attached to an aromatic ring is 1. The largest absolute Gasteiger partial charge is 0.492 e. The minimum absolute atomic E-state index is 0.527. The van der Waals surface area contributed by atoms with Crippen molar-refractivity contribution >= 4 is 16.7 Å². The maximum absolute atomic E-state index is 5.81. The number of hydrogen-bond donors (Lipinski definition) is 2. The van der Waals surface area contributed by atoms with Crippen molar-refractivity contribution in [2.75, 3.05) is 38.6 Å². The molecule has 3 heterocycles. The number of nitrogens with two attached hydrogens (primary N) is 1. The Labute approximate surface area is 171 Å². The van der Waals surface area contributed by atoms with Gasteiger partial charge in [0.2, 0.25) is 0 Å². The molecule has 0 bridgehead atoms. The van der Waals surface area contributed by atoms with E-state index in [9.17, 15) is 0 Å². The summed E-state index contributed by atoms with van der Waals surface area (Å²) in [6.07, 6.45) is 3.63. The Kier molecular flexibility index (Phi) is 5.12. The Hall–Kier alpha value is -2.57. The van der Waals surface area contributed by atoms with Crippen molar-refractivity contribution in [3.8, 4) is 5.75 Å². The summed E-state index contributed by atoms with van der Waals surface area (Å²) >= 11 is 0. The number of fused-ring (bicyclic) bond motifs is 2. The zero-order chi connectivity index (χ0) is 19.6. The van der Waals surface area contributed by atoms with Gasteiger partial charge in [0.25, 0.3) is 0 Å². The molecule has 1 saturated heterocycles. The van der Waals surface area contributed by atoms with Gasteiger partial charge in [0, 0.05) is 25.0 Å². The summed E-state index contributed by atoms with van der Waals surface area (Å²) in [5.41, 5.74) is 9.89. The number of ether oxygens (including phenoxy) is 2. The first-order valence-electron chi connectivity index (χ1n) is 10.5. The normalized spacial score (nSPS) is 21.7. The van der Waals surface area contributed by atoms with Crippen LogP contribution in [0.15, 0.2) is 42.5 Å². The first-order chi connectivity index (χ1) is 14.3. The zero-order valence-electron chi connectivity index (χ0n) is 16.6. The van der Waals surface area contributed by atoms with Crippen LogP contribution in [0.25, 0.3) is 11.0 Å². The number of anilines is 1. The highest BCUT2D eigenvalue weighted by Gasteiger charge is 2.27. The maximum atomic E-state index is 5.81. The van der Waals surface area contributed by atoms with E-state index in [-0.39, 0.29) is 0 Å².